The van der Waals surface area contributed by atoms with E-state index in [1.165, 1.54) is 4.68 Å². The zero-order valence-electron chi connectivity index (χ0n) is 17.7. The fourth-order valence-electron chi connectivity index (χ4n) is 3.38. The first kappa shape index (κ1) is 21.5. The molecule has 7 heteroatoms. The molecule has 32 heavy (non-hydrogen) atoms. The van der Waals surface area contributed by atoms with Gasteiger partial charge in [-0.3, -0.25) is 14.3 Å². The second-order valence-corrected chi connectivity index (χ2v) is 7.70. The van der Waals surface area contributed by atoms with Crippen LogP contribution >= 0.6 is 11.6 Å². The van der Waals surface area contributed by atoms with Gasteiger partial charge in [0.1, 0.15) is 18.0 Å². The Labute approximate surface area is 190 Å². The highest BCUT2D eigenvalue weighted by Crippen LogP contribution is 2.20. The predicted octanol–water partition coefficient (Wildman–Crippen LogP) is 4.97. The van der Waals surface area contributed by atoms with E-state index in [4.69, 9.17) is 16.3 Å². The van der Waals surface area contributed by atoms with Gasteiger partial charge < -0.3 is 10.1 Å². The monoisotopic (exact) mass is 447 g/mol. The van der Waals surface area contributed by atoms with Crippen molar-refractivity contribution >= 4 is 23.2 Å². The van der Waals surface area contributed by atoms with Crippen molar-refractivity contribution in [2.75, 3.05) is 5.32 Å². The molecule has 1 aromatic heterocycles. The maximum absolute atomic E-state index is 13.0. The molecule has 0 aliphatic heterocycles. The van der Waals surface area contributed by atoms with E-state index in [2.05, 4.69) is 5.32 Å². The normalized spacial score (nSPS) is 10.7. The molecule has 0 saturated carbocycles. The van der Waals surface area contributed by atoms with E-state index in [0.29, 0.717) is 28.6 Å². The lowest BCUT2D eigenvalue weighted by Crippen LogP contribution is -2.22. The van der Waals surface area contributed by atoms with Gasteiger partial charge in [0.25, 0.3) is 11.5 Å². The van der Waals surface area contributed by atoms with E-state index in [-0.39, 0.29) is 17.2 Å². The molecule has 0 spiro atoms. The summed E-state index contributed by atoms with van der Waals surface area (Å²) in [6, 6.07) is 23.5. The summed E-state index contributed by atoms with van der Waals surface area (Å²) >= 11 is 6.15. The number of benzene rings is 3. The van der Waals surface area contributed by atoms with Gasteiger partial charge in [0, 0.05) is 23.2 Å². The molecule has 0 atom stereocenters. The molecular weight excluding hydrogens is 426 g/mol. The number of para-hydroxylation sites is 1. The van der Waals surface area contributed by atoms with Gasteiger partial charge in [0.2, 0.25) is 0 Å². The first-order chi connectivity index (χ1) is 15.5. The number of rotatable bonds is 6. The number of anilines is 1. The second-order valence-electron chi connectivity index (χ2n) is 7.30. The molecule has 162 valence electrons. The Balaban J connectivity index is 1.49. The van der Waals surface area contributed by atoms with Crippen molar-refractivity contribution in [3.05, 3.63) is 111 Å². The van der Waals surface area contributed by atoms with Crippen LogP contribution in [0.25, 0.3) is 5.69 Å². The quantitative estimate of drug-likeness (QED) is 0.454. The van der Waals surface area contributed by atoms with E-state index >= 15 is 0 Å². The SMILES string of the molecule is Cc1c(NC(=O)c2ccc(OCc3ccccc3Cl)cc2)c(=O)n(-c2ccccc2)n1C. The maximum Gasteiger partial charge on any atom is 0.295 e. The van der Waals surface area contributed by atoms with E-state index in [1.54, 1.807) is 42.9 Å². The van der Waals surface area contributed by atoms with Crippen LogP contribution in [0.4, 0.5) is 5.69 Å². The number of carbonyl (C=O) groups excluding carboxylic acids is 1. The van der Waals surface area contributed by atoms with Crippen LogP contribution in [0, 0.1) is 6.92 Å². The van der Waals surface area contributed by atoms with Crippen molar-refractivity contribution in [2.45, 2.75) is 13.5 Å². The van der Waals surface area contributed by atoms with E-state index in [9.17, 15) is 9.59 Å². The number of nitrogens with zero attached hydrogens (tertiary/aromatic N) is 2. The standard InChI is InChI=1S/C25H22ClN3O3/c1-17-23(25(31)29(28(17)2)20-9-4-3-5-10-20)27-24(30)18-12-14-21(15-13-18)32-16-19-8-6-7-11-22(19)26/h3-15H,16H2,1-2H3,(H,27,30). The zero-order valence-corrected chi connectivity index (χ0v) is 18.5. The summed E-state index contributed by atoms with van der Waals surface area (Å²) in [7, 11) is 1.78. The van der Waals surface area contributed by atoms with Gasteiger partial charge in [-0.15, -0.1) is 0 Å². The summed E-state index contributed by atoms with van der Waals surface area (Å²) in [4.78, 5) is 25.8. The number of ether oxygens (including phenoxy) is 1. The topological polar surface area (TPSA) is 65.3 Å². The Morgan fingerprint density at radius 2 is 1.62 bits per heavy atom. The molecule has 1 amide bonds. The summed E-state index contributed by atoms with van der Waals surface area (Å²) in [5, 5.41) is 3.40. The Morgan fingerprint density at radius 3 is 2.31 bits per heavy atom. The van der Waals surface area contributed by atoms with Crippen molar-refractivity contribution in [2.24, 2.45) is 7.05 Å². The minimum Gasteiger partial charge on any atom is -0.489 e. The Hall–Kier alpha value is -3.77. The molecule has 0 radical (unpaired) electrons. The lowest BCUT2D eigenvalue weighted by Gasteiger charge is -2.09. The number of hydrogen-bond donors (Lipinski definition) is 1. The third-order valence-electron chi connectivity index (χ3n) is 5.26. The molecule has 4 rings (SSSR count). The van der Waals surface area contributed by atoms with Crippen LogP contribution in [-0.2, 0) is 13.7 Å². The number of aromatic nitrogens is 2. The van der Waals surface area contributed by atoms with Gasteiger partial charge >= 0.3 is 0 Å². The minimum absolute atomic E-state index is 0.250. The Morgan fingerprint density at radius 1 is 0.969 bits per heavy atom. The third kappa shape index (κ3) is 4.31. The largest absolute Gasteiger partial charge is 0.489 e. The van der Waals surface area contributed by atoms with Crippen molar-refractivity contribution in [3.8, 4) is 11.4 Å². The maximum atomic E-state index is 13.0. The van der Waals surface area contributed by atoms with Gasteiger partial charge in [0.15, 0.2) is 0 Å². The van der Waals surface area contributed by atoms with Crippen molar-refractivity contribution < 1.29 is 9.53 Å². The third-order valence-corrected chi connectivity index (χ3v) is 5.63. The van der Waals surface area contributed by atoms with E-state index < -0.39 is 0 Å². The Kier molecular flexibility index (Phi) is 6.14. The fraction of sp³-hybridized carbons (Fsp3) is 0.120. The number of carbonyl (C=O) groups is 1. The first-order valence-corrected chi connectivity index (χ1v) is 10.4. The second kappa shape index (κ2) is 9.16. The highest BCUT2D eigenvalue weighted by molar-refractivity contribution is 6.31. The summed E-state index contributed by atoms with van der Waals surface area (Å²) in [5.41, 5.74) is 2.65. The molecule has 1 heterocycles. The number of nitrogens with one attached hydrogen (secondary N) is 1. The smallest absolute Gasteiger partial charge is 0.295 e. The van der Waals surface area contributed by atoms with Crippen LogP contribution in [-0.4, -0.2) is 15.3 Å². The fourth-order valence-corrected chi connectivity index (χ4v) is 3.57. The predicted molar refractivity (Wildman–Crippen MR) is 126 cm³/mol. The van der Waals surface area contributed by atoms with Crippen molar-refractivity contribution in [1.29, 1.82) is 0 Å². The average Bonchev–Trinajstić information content (AvgIpc) is 3.02. The molecule has 0 saturated heterocycles. The average molecular weight is 448 g/mol. The van der Waals surface area contributed by atoms with Crippen molar-refractivity contribution in [3.63, 3.8) is 0 Å². The lowest BCUT2D eigenvalue weighted by atomic mass is 10.2. The van der Waals surface area contributed by atoms with E-state index in [0.717, 1.165) is 11.3 Å². The van der Waals surface area contributed by atoms with Gasteiger partial charge in [-0.2, -0.15) is 0 Å². The van der Waals surface area contributed by atoms with Crippen molar-refractivity contribution in [1.82, 2.24) is 9.36 Å². The van der Waals surface area contributed by atoms with Gasteiger partial charge in [-0.1, -0.05) is 48.0 Å². The first-order valence-electron chi connectivity index (χ1n) is 10.1. The number of amides is 1. The zero-order chi connectivity index (χ0) is 22.7. The molecule has 3 aromatic carbocycles. The molecular formula is C25H22ClN3O3. The van der Waals surface area contributed by atoms with Crippen LogP contribution in [0.2, 0.25) is 5.02 Å². The molecule has 0 bridgehead atoms. The van der Waals surface area contributed by atoms with Gasteiger partial charge in [-0.25, -0.2) is 4.68 Å². The minimum atomic E-state index is -0.367. The van der Waals surface area contributed by atoms with Crippen LogP contribution in [0.15, 0.2) is 83.7 Å². The highest BCUT2D eigenvalue weighted by atomic mass is 35.5. The lowest BCUT2D eigenvalue weighted by molar-refractivity contribution is 0.102. The summed E-state index contributed by atoms with van der Waals surface area (Å²) < 4.78 is 9.00. The molecule has 0 aliphatic rings. The molecule has 4 aromatic rings. The number of halogens is 1. The molecule has 1 N–H and O–H groups in total. The van der Waals surface area contributed by atoms with Crippen LogP contribution in [0.3, 0.4) is 0 Å². The van der Waals surface area contributed by atoms with Gasteiger partial charge in [0.05, 0.1) is 11.4 Å². The van der Waals surface area contributed by atoms with Crippen LogP contribution in [0.1, 0.15) is 21.6 Å². The molecule has 0 aliphatic carbocycles. The van der Waals surface area contributed by atoms with Crippen LogP contribution in [0.5, 0.6) is 5.75 Å². The summed E-state index contributed by atoms with van der Waals surface area (Å²) in [5.74, 6) is 0.248. The summed E-state index contributed by atoms with van der Waals surface area (Å²) in [6.07, 6.45) is 0. The number of hydrogen-bond acceptors (Lipinski definition) is 3. The van der Waals surface area contributed by atoms with Crippen LogP contribution < -0.4 is 15.6 Å². The highest BCUT2D eigenvalue weighted by Gasteiger charge is 2.18. The van der Waals surface area contributed by atoms with E-state index in [1.807, 2.05) is 54.6 Å². The van der Waals surface area contributed by atoms with Gasteiger partial charge in [-0.05, 0) is 49.4 Å². The molecule has 0 unspecified atom stereocenters. The Bertz CT molecular complexity index is 1310. The molecule has 0 fully saturated rings. The summed E-state index contributed by atoms with van der Waals surface area (Å²) in [6.45, 7) is 2.12. The molecule has 6 nitrogen and oxygen atoms in total.